The number of alkyl halides is 2. The number of anilines is 1. The van der Waals surface area contributed by atoms with Gasteiger partial charge < -0.3 is 20.1 Å². The third kappa shape index (κ3) is 5.20. The fourth-order valence-electron chi connectivity index (χ4n) is 3.53. The minimum absolute atomic E-state index is 0.0485. The van der Waals surface area contributed by atoms with E-state index in [0.29, 0.717) is 6.42 Å². The van der Waals surface area contributed by atoms with Crippen molar-refractivity contribution in [2.24, 2.45) is 0 Å². The smallest absolute Gasteiger partial charge is 0.408 e. The number of amides is 1. The number of nitrogens with one attached hydrogen (secondary N) is 2. The maximum Gasteiger partial charge on any atom is 0.408 e. The first-order chi connectivity index (χ1) is 14.5. The van der Waals surface area contributed by atoms with Gasteiger partial charge in [0.05, 0.1) is 12.6 Å². The minimum atomic E-state index is -3.17. The molecular weight excluding hydrogens is 412 g/mol. The van der Waals surface area contributed by atoms with Gasteiger partial charge in [-0.2, -0.15) is 0 Å². The van der Waals surface area contributed by atoms with E-state index in [1.54, 1.807) is 40.0 Å². The van der Waals surface area contributed by atoms with Crippen molar-refractivity contribution in [3.8, 4) is 0 Å². The van der Waals surface area contributed by atoms with Crippen molar-refractivity contribution < 1.29 is 27.8 Å². The summed E-state index contributed by atoms with van der Waals surface area (Å²) in [6.45, 7) is 6.74. The zero-order valence-electron chi connectivity index (χ0n) is 17.9. The van der Waals surface area contributed by atoms with Crippen molar-refractivity contribution in [1.82, 2.24) is 19.9 Å². The number of fused-ring (bicyclic) bond motifs is 1. The maximum absolute atomic E-state index is 14.8. The lowest BCUT2D eigenvalue weighted by Crippen LogP contribution is -2.59. The molecule has 0 unspecified atom stereocenters. The van der Waals surface area contributed by atoms with Crippen LogP contribution in [0.25, 0.3) is 5.65 Å². The highest BCUT2D eigenvalue weighted by Gasteiger charge is 2.49. The molecule has 0 spiro atoms. The molecule has 0 aromatic carbocycles. The molecule has 3 rings (SSSR count). The Morgan fingerprint density at radius 1 is 1.35 bits per heavy atom. The number of ether oxygens (including phenoxy) is 2. The van der Waals surface area contributed by atoms with Crippen LogP contribution in [0.5, 0.6) is 0 Å². The Bertz CT molecular complexity index is 957. The number of esters is 1. The van der Waals surface area contributed by atoms with Gasteiger partial charge >= 0.3 is 12.1 Å². The van der Waals surface area contributed by atoms with E-state index in [0.717, 1.165) is 0 Å². The van der Waals surface area contributed by atoms with Crippen molar-refractivity contribution in [3.05, 3.63) is 24.0 Å². The summed E-state index contributed by atoms with van der Waals surface area (Å²) in [6, 6.07) is -0.821. The first-order valence-electron chi connectivity index (χ1n) is 10.2. The Labute approximate surface area is 178 Å². The summed E-state index contributed by atoms with van der Waals surface area (Å²) in [5, 5.41) is 9.52. The second-order valence-corrected chi connectivity index (χ2v) is 8.36. The number of alkyl carbamates (subject to hydrolysis) is 1. The molecule has 1 aliphatic rings. The lowest BCUT2D eigenvalue weighted by Gasteiger charge is -2.39. The van der Waals surface area contributed by atoms with Gasteiger partial charge in [-0.15, -0.1) is 5.10 Å². The van der Waals surface area contributed by atoms with Gasteiger partial charge in [0.2, 0.25) is 0 Å². The van der Waals surface area contributed by atoms with Crippen LogP contribution >= 0.6 is 0 Å². The van der Waals surface area contributed by atoms with Crippen LogP contribution in [-0.2, 0) is 9.47 Å². The molecule has 1 saturated carbocycles. The summed E-state index contributed by atoms with van der Waals surface area (Å²) in [7, 11) is 0. The minimum Gasteiger partial charge on any atom is -0.462 e. The Morgan fingerprint density at radius 2 is 2.10 bits per heavy atom. The van der Waals surface area contributed by atoms with Gasteiger partial charge in [0.1, 0.15) is 17.2 Å². The SMILES string of the molecule is CCOC(=O)c1c(N[C@@H]2CCCC(F)(F)[C@@H]2NC(=O)OC(C)(C)C)nn2cccnc12. The molecule has 2 aromatic heterocycles. The monoisotopic (exact) mass is 439 g/mol. The van der Waals surface area contributed by atoms with Gasteiger partial charge in [0.25, 0.3) is 5.92 Å². The molecule has 2 atom stereocenters. The normalized spacial score (nSPS) is 20.8. The quantitative estimate of drug-likeness (QED) is 0.688. The Balaban J connectivity index is 1.92. The molecule has 2 N–H and O–H groups in total. The largest absolute Gasteiger partial charge is 0.462 e. The van der Waals surface area contributed by atoms with Crippen molar-refractivity contribution in [3.63, 3.8) is 0 Å². The Morgan fingerprint density at radius 3 is 2.77 bits per heavy atom. The van der Waals surface area contributed by atoms with Gasteiger partial charge in [-0.25, -0.2) is 27.9 Å². The average Bonchev–Trinajstić information content (AvgIpc) is 3.01. The lowest BCUT2D eigenvalue weighted by molar-refractivity contribution is -0.0691. The number of nitrogens with zero attached hydrogens (tertiary/aromatic N) is 3. The number of carbonyl (C=O) groups excluding carboxylic acids is 2. The molecule has 0 bridgehead atoms. The highest BCUT2D eigenvalue weighted by molar-refractivity contribution is 6.01. The van der Waals surface area contributed by atoms with E-state index in [-0.39, 0.29) is 36.5 Å². The molecule has 1 fully saturated rings. The number of rotatable bonds is 5. The topological polar surface area (TPSA) is 107 Å². The molecule has 0 aliphatic heterocycles. The summed E-state index contributed by atoms with van der Waals surface area (Å²) in [5.41, 5.74) is -0.545. The molecule has 2 aromatic rings. The van der Waals surface area contributed by atoms with Crippen LogP contribution in [0.4, 0.5) is 19.4 Å². The standard InChI is InChI=1S/C20H27F2N5O4/c1-5-30-17(28)13-15(26-27-11-7-10-23-16(13)27)24-12-8-6-9-20(21,22)14(12)25-18(29)31-19(2,3)4/h7,10-12,14H,5-6,8-9H2,1-4H3,(H,24,26)(H,25,29)/t12-,14-/m1/s1. The predicted molar refractivity (Wildman–Crippen MR) is 108 cm³/mol. The van der Waals surface area contributed by atoms with E-state index in [1.807, 2.05) is 0 Å². The highest BCUT2D eigenvalue weighted by atomic mass is 19.3. The molecule has 2 heterocycles. The molecule has 170 valence electrons. The summed E-state index contributed by atoms with van der Waals surface area (Å²) in [5.74, 6) is -3.78. The molecule has 0 saturated heterocycles. The third-order valence-electron chi connectivity index (χ3n) is 4.75. The van der Waals surface area contributed by atoms with E-state index in [4.69, 9.17) is 9.47 Å². The first-order valence-corrected chi connectivity index (χ1v) is 10.2. The second kappa shape index (κ2) is 8.64. The average molecular weight is 439 g/mol. The zero-order chi connectivity index (χ0) is 22.8. The zero-order valence-corrected chi connectivity index (χ0v) is 17.9. The van der Waals surface area contributed by atoms with E-state index >= 15 is 0 Å². The lowest BCUT2D eigenvalue weighted by atomic mass is 9.87. The summed E-state index contributed by atoms with van der Waals surface area (Å²) in [4.78, 5) is 28.9. The van der Waals surface area contributed by atoms with E-state index in [1.165, 1.54) is 10.7 Å². The van der Waals surface area contributed by atoms with Crippen LogP contribution in [0.3, 0.4) is 0 Å². The summed E-state index contributed by atoms with van der Waals surface area (Å²) >= 11 is 0. The van der Waals surface area contributed by atoms with Crippen LogP contribution in [0, 0.1) is 0 Å². The number of halogens is 2. The van der Waals surface area contributed by atoms with Crippen molar-refractivity contribution in [2.75, 3.05) is 11.9 Å². The number of aromatic nitrogens is 3. The van der Waals surface area contributed by atoms with Gasteiger partial charge in [-0.3, -0.25) is 0 Å². The van der Waals surface area contributed by atoms with Crippen LogP contribution in [0.15, 0.2) is 18.5 Å². The molecule has 31 heavy (non-hydrogen) atoms. The number of carbonyl (C=O) groups is 2. The molecular formula is C20H27F2N5O4. The Kier molecular flexibility index (Phi) is 6.33. The van der Waals surface area contributed by atoms with Crippen molar-refractivity contribution in [1.29, 1.82) is 0 Å². The van der Waals surface area contributed by atoms with Crippen LogP contribution in [0.1, 0.15) is 57.3 Å². The number of hydrogen-bond acceptors (Lipinski definition) is 7. The molecule has 0 radical (unpaired) electrons. The van der Waals surface area contributed by atoms with E-state index in [9.17, 15) is 18.4 Å². The number of hydrogen-bond donors (Lipinski definition) is 2. The summed E-state index contributed by atoms with van der Waals surface area (Å²) in [6.07, 6.45) is 2.33. The first kappa shape index (κ1) is 22.7. The van der Waals surface area contributed by atoms with Crippen LogP contribution in [0.2, 0.25) is 0 Å². The highest BCUT2D eigenvalue weighted by Crippen LogP contribution is 2.36. The fraction of sp³-hybridized carbons (Fsp3) is 0.600. The summed E-state index contributed by atoms with van der Waals surface area (Å²) < 4.78 is 41.1. The fourth-order valence-corrected chi connectivity index (χ4v) is 3.53. The predicted octanol–water partition coefficient (Wildman–Crippen LogP) is 3.40. The van der Waals surface area contributed by atoms with Crippen molar-refractivity contribution in [2.45, 2.75) is 70.6 Å². The molecule has 9 nitrogen and oxygen atoms in total. The maximum atomic E-state index is 14.8. The third-order valence-corrected chi connectivity index (χ3v) is 4.75. The van der Waals surface area contributed by atoms with Gasteiger partial charge in [-0.1, -0.05) is 0 Å². The van der Waals surface area contributed by atoms with Crippen molar-refractivity contribution >= 4 is 23.5 Å². The van der Waals surface area contributed by atoms with E-state index < -0.39 is 35.7 Å². The van der Waals surface area contributed by atoms with Gasteiger partial charge in [-0.05, 0) is 46.6 Å². The van der Waals surface area contributed by atoms with E-state index in [2.05, 4.69) is 20.7 Å². The van der Waals surface area contributed by atoms with Crippen LogP contribution in [-0.4, -0.2) is 56.9 Å². The van der Waals surface area contributed by atoms with Gasteiger partial charge in [0, 0.05) is 18.8 Å². The van der Waals surface area contributed by atoms with Gasteiger partial charge in [0.15, 0.2) is 11.5 Å². The molecule has 1 aliphatic carbocycles. The van der Waals surface area contributed by atoms with Crippen LogP contribution < -0.4 is 10.6 Å². The molecule has 1 amide bonds. The molecule has 11 heteroatoms. The second-order valence-electron chi connectivity index (χ2n) is 8.36. The Hall–Kier alpha value is -2.98.